The van der Waals surface area contributed by atoms with Gasteiger partial charge in [0.15, 0.2) is 0 Å². The highest BCUT2D eigenvalue weighted by molar-refractivity contribution is 5.83. The van der Waals surface area contributed by atoms with Crippen molar-refractivity contribution in [2.24, 2.45) is 0 Å². The fourth-order valence-electron chi connectivity index (χ4n) is 1.75. The molecule has 5 nitrogen and oxygen atoms in total. The lowest BCUT2D eigenvalue weighted by atomic mass is 10.1. The highest BCUT2D eigenvalue weighted by Gasteiger charge is 2.09. The molecule has 110 valence electrons. The second kappa shape index (κ2) is 9.07. The van der Waals surface area contributed by atoms with Crippen molar-refractivity contribution >= 4 is 18.0 Å². The predicted octanol–water partition coefficient (Wildman–Crippen LogP) is 2.26. The maximum absolute atomic E-state index is 11.6. The molecule has 0 aliphatic carbocycles. The van der Waals surface area contributed by atoms with Gasteiger partial charge in [-0.3, -0.25) is 9.59 Å². The molecule has 0 unspecified atom stereocenters. The van der Waals surface area contributed by atoms with Crippen LogP contribution in [0, 0.1) is 0 Å². The van der Waals surface area contributed by atoms with E-state index in [0.29, 0.717) is 32.3 Å². The molecule has 0 aliphatic rings. The highest BCUT2D eigenvalue weighted by atomic mass is 16.5. The van der Waals surface area contributed by atoms with Crippen molar-refractivity contribution in [2.75, 3.05) is 6.61 Å². The van der Waals surface area contributed by atoms with Gasteiger partial charge in [0, 0.05) is 32.1 Å². The molecule has 1 heterocycles. The zero-order valence-corrected chi connectivity index (χ0v) is 11.7. The van der Waals surface area contributed by atoms with Gasteiger partial charge < -0.3 is 13.9 Å². The van der Waals surface area contributed by atoms with Gasteiger partial charge in [0.25, 0.3) is 0 Å². The third-order valence-electron chi connectivity index (χ3n) is 2.79. The third-order valence-corrected chi connectivity index (χ3v) is 2.79. The molecule has 0 aromatic carbocycles. The molecule has 1 aromatic heterocycles. The van der Waals surface area contributed by atoms with Crippen LogP contribution >= 0.6 is 0 Å². The molecule has 0 amide bonds. The molecular weight excluding hydrogens is 260 g/mol. The number of ketones is 1. The smallest absolute Gasteiger partial charge is 0.306 e. The Bertz CT molecular complexity index is 447. The zero-order chi connectivity index (χ0) is 14.8. The van der Waals surface area contributed by atoms with E-state index in [-0.39, 0.29) is 24.6 Å². The Kier molecular flexibility index (Phi) is 7.32. The van der Waals surface area contributed by atoms with Crippen LogP contribution in [-0.2, 0) is 32.0 Å². The number of ether oxygens (including phenoxy) is 1. The maximum atomic E-state index is 11.6. The summed E-state index contributed by atoms with van der Waals surface area (Å²) in [5.74, 6) is 1.17. The maximum Gasteiger partial charge on any atom is 0.306 e. The summed E-state index contributed by atoms with van der Waals surface area (Å²) in [5.41, 5.74) is 0. The largest absolute Gasteiger partial charge is 0.466 e. The van der Waals surface area contributed by atoms with Crippen molar-refractivity contribution in [1.29, 1.82) is 0 Å². The SMILES string of the molecule is CCOC(=O)CCC(=O)CCc1ccc(CCC=O)o1. The van der Waals surface area contributed by atoms with Crippen LogP contribution in [0.4, 0.5) is 0 Å². The number of aldehydes is 1. The first-order valence-electron chi connectivity index (χ1n) is 6.84. The van der Waals surface area contributed by atoms with Crippen LogP contribution in [0.3, 0.4) is 0 Å². The molecule has 0 spiro atoms. The Balaban J connectivity index is 2.25. The summed E-state index contributed by atoms with van der Waals surface area (Å²) in [4.78, 5) is 33.0. The average molecular weight is 280 g/mol. The van der Waals surface area contributed by atoms with Gasteiger partial charge in [-0.05, 0) is 19.1 Å². The van der Waals surface area contributed by atoms with Gasteiger partial charge in [0.1, 0.15) is 23.6 Å². The van der Waals surface area contributed by atoms with Gasteiger partial charge >= 0.3 is 5.97 Å². The Hall–Kier alpha value is -1.91. The molecule has 0 atom stereocenters. The number of esters is 1. The van der Waals surface area contributed by atoms with Gasteiger partial charge in [-0.25, -0.2) is 0 Å². The number of rotatable bonds is 10. The van der Waals surface area contributed by atoms with Crippen LogP contribution in [0.15, 0.2) is 16.5 Å². The number of furan rings is 1. The molecule has 0 fully saturated rings. The lowest BCUT2D eigenvalue weighted by Gasteiger charge is -2.01. The molecule has 0 saturated heterocycles. The number of hydrogen-bond donors (Lipinski definition) is 0. The Labute approximate surface area is 118 Å². The summed E-state index contributed by atoms with van der Waals surface area (Å²) in [6, 6.07) is 3.64. The Morgan fingerprint density at radius 1 is 1.15 bits per heavy atom. The fourth-order valence-corrected chi connectivity index (χ4v) is 1.75. The fraction of sp³-hybridized carbons (Fsp3) is 0.533. The van der Waals surface area contributed by atoms with Crippen LogP contribution in [0.25, 0.3) is 0 Å². The summed E-state index contributed by atoms with van der Waals surface area (Å²) in [7, 11) is 0. The van der Waals surface area contributed by atoms with Crippen molar-refractivity contribution in [3.63, 3.8) is 0 Å². The monoisotopic (exact) mass is 280 g/mol. The standard InChI is InChI=1S/C15H20O5/c1-2-19-15(18)10-6-12(17)5-7-14-9-8-13(20-14)4-3-11-16/h8-9,11H,2-7,10H2,1H3. The number of aryl methyl sites for hydroxylation is 2. The first-order valence-corrected chi connectivity index (χ1v) is 6.84. The predicted molar refractivity (Wildman–Crippen MR) is 72.3 cm³/mol. The minimum atomic E-state index is -0.338. The molecule has 0 saturated carbocycles. The van der Waals surface area contributed by atoms with Gasteiger partial charge in [0.2, 0.25) is 0 Å². The van der Waals surface area contributed by atoms with Crippen LogP contribution in [0.5, 0.6) is 0 Å². The number of carbonyl (C=O) groups excluding carboxylic acids is 3. The van der Waals surface area contributed by atoms with E-state index < -0.39 is 0 Å². The van der Waals surface area contributed by atoms with E-state index in [1.165, 1.54) is 0 Å². The molecule has 5 heteroatoms. The average Bonchev–Trinajstić information content (AvgIpc) is 2.89. The number of hydrogen-bond acceptors (Lipinski definition) is 5. The lowest BCUT2D eigenvalue weighted by molar-refractivity contribution is -0.144. The highest BCUT2D eigenvalue weighted by Crippen LogP contribution is 2.12. The third kappa shape index (κ3) is 6.31. The molecule has 0 N–H and O–H groups in total. The minimum Gasteiger partial charge on any atom is -0.466 e. The summed E-state index contributed by atoms with van der Waals surface area (Å²) in [6.07, 6.45) is 3.07. The van der Waals surface area contributed by atoms with E-state index >= 15 is 0 Å². The normalized spacial score (nSPS) is 10.2. The van der Waals surface area contributed by atoms with E-state index in [0.717, 1.165) is 17.8 Å². The lowest BCUT2D eigenvalue weighted by Crippen LogP contribution is -2.08. The topological polar surface area (TPSA) is 73.6 Å². The summed E-state index contributed by atoms with van der Waals surface area (Å²) in [6.45, 7) is 2.07. The first kappa shape index (κ1) is 16.1. The molecule has 0 radical (unpaired) electrons. The molecule has 1 rings (SSSR count). The van der Waals surface area contributed by atoms with Gasteiger partial charge in [0.05, 0.1) is 13.0 Å². The van der Waals surface area contributed by atoms with Gasteiger partial charge in [-0.15, -0.1) is 0 Å². The van der Waals surface area contributed by atoms with E-state index in [2.05, 4.69) is 0 Å². The molecular formula is C15H20O5. The minimum absolute atomic E-state index is 0.0175. The summed E-state index contributed by atoms with van der Waals surface area (Å²) < 4.78 is 10.3. The quantitative estimate of drug-likeness (QED) is 0.485. The van der Waals surface area contributed by atoms with E-state index in [4.69, 9.17) is 9.15 Å². The van der Waals surface area contributed by atoms with Crippen LogP contribution in [-0.4, -0.2) is 24.6 Å². The van der Waals surface area contributed by atoms with Crippen LogP contribution in [0.1, 0.15) is 44.1 Å². The van der Waals surface area contributed by atoms with Crippen molar-refractivity contribution in [3.8, 4) is 0 Å². The van der Waals surface area contributed by atoms with Crippen molar-refractivity contribution in [2.45, 2.75) is 45.4 Å². The second-order valence-electron chi connectivity index (χ2n) is 4.42. The molecule has 0 aliphatic heterocycles. The van der Waals surface area contributed by atoms with E-state index in [9.17, 15) is 14.4 Å². The Morgan fingerprint density at radius 2 is 1.85 bits per heavy atom. The van der Waals surface area contributed by atoms with E-state index in [1.54, 1.807) is 6.92 Å². The summed E-state index contributed by atoms with van der Waals surface area (Å²) in [5, 5.41) is 0. The molecule has 1 aromatic rings. The van der Waals surface area contributed by atoms with Crippen molar-refractivity contribution in [1.82, 2.24) is 0 Å². The Morgan fingerprint density at radius 3 is 2.50 bits per heavy atom. The molecule has 20 heavy (non-hydrogen) atoms. The number of carbonyl (C=O) groups is 3. The van der Waals surface area contributed by atoms with Crippen LogP contribution < -0.4 is 0 Å². The summed E-state index contributed by atoms with van der Waals surface area (Å²) >= 11 is 0. The van der Waals surface area contributed by atoms with Gasteiger partial charge in [-0.2, -0.15) is 0 Å². The van der Waals surface area contributed by atoms with Crippen molar-refractivity contribution in [3.05, 3.63) is 23.7 Å². The van der Waals surface area contributed by atoms with Gasteiger partial charge in [-0.1, -0.05) is 0 Å². The van der Waals surface area contributed by atoms with E-state index in [1.807, 2.05) is 12.1 Å². The zero-order valence-electron chi connectivity index (χ0n) is 11.7. The number of Topliss-reactive ketones (excluding diaryl/α,β-unsaturated/α-hetero) is 1. The van der Waals surface area contributed by atoms with Crippen LogP contribution in [0.2, 0.25) is 0 Å². The van der Waals surface area contributed by atoms with Crippen molar-refractivity contribution < 1.29 is 23.5 Å². The second-order valence-corrected chi connectivity index (χ2v) is 4.42. The first-order chi connectivity index (χ1) is 9.65. The molecule has 0 bridgehead atoms.